The summed E-state index contributed by atoms with van der Waals surface area (Å²) in [6, 6.07) is 16.4. The first kappa shape index (κ1) is 26.7. The van der Waals surface area contributed by atoms with E-state index in [1.807, 2.05) is 18.2 Å². The van der Waals surface area contributed by atoms with Crippen molar-refractivity contribution in [1.82, 2.24) is 4.90 Å². The van der Waals surface area contributed by atoms with E-state index in [4.69, 9.17) is 4.74 Å². The van der Waals surface area contributed by atoms with Gasteiger partial charge in [0, 0.05) is 46.7 Å². The van der Waals surface area contributed by atoms with Crippen LogP contribution in [0, 0.1) is 10.1 Å². The van der Waals surface area contributed by atoms with E-state index < -0.39 is 10.9 Å². The number of halogens is 1. The molecule has 2 aromatic carbocycles. The highest BCUT2D eigenvalue weighted by atomic mass is 35.5. The summed E-state index contributed by atoms with van der Waals surface area (Å²) >= 11 is 2.66. The van der Waals surface area contributed by atoms with E-state index in [2.05, 4.69) is 22.3 Å². The molecule has 0 fully saturated rings. The number of ether oxygens (including phenoxy) is 1. The van der Waals surface area contributed by atoms with Crippen molar-refractivity contribution >= 4 is 67.7 Å². The van der Waals surface area contributed by atoms with Crippen molar-refractivity contribution in [2.75, 3.05) is 18.5 Å². The molecule has 192 valence electrons. The Bertz CT molecular complexity index is 1470. The lowest BCUT2D eigenvalue weighted by molar-refractivity contribution is -0.384. The van der Waals surface area contributed by atoms with Crippen LogP contribution in [0.3, 0.4) is 0 Å². The van der Waals surface area contributed by atoms with E-state index in [1.54, 1.807) is 19.1 Å². The van der Waals surface area contributed by atoms with Crippen molar-refractivity contribution in [2.45, 2.75) is 26.4 Å². The average Bonchev–Trinajstić information content (AvgIpc) is 3.45. The van der Waals surface area contributed by atoms with Crippen LogP contribution in [0.1, 0.15) is 43.0 Å². The van der Waals surface area contributed by atoms with Crippen LogP contribution in [0.5, 0.6) is 0 Å². The molecular formula is C26H24ClN3O5S2. The van der Waals surface area contributed by atoms with Gasteiger partial charge in [-0.2, -0.15) is 0 Å². The number of rotatable bonds is 7. The van der Waals surface area contributed by atoms with E-state index >= 15 is 0 Å². The molecule has 11 heteroatoms. The molecule has 8 nitrogen and oxygen atoms in total. The normalized spacial score (nSPS) is 13.0. The number of thiophene rings is 2. The molecule has 0 aliphatic carbocycles. The Balaban J connectivity index is 0.00000320. The minimum atomic E-state index is -0.459. The number of hydrogen-bond donors (Lipinski definition) is 1. The molecule has 0 radical (unpaired) electrons. The van der Waals surface area contributed by atoms with E-state index in [9.17, 15) is 19.7 Å². The molecule has 1 N–H and O–H groups in total. The third-order valence-corrected chi connectivity index (χ3v) is 8.27. The number of nitrogens with zero attached hydrogens (tertiary/aromatic N) is 2. The number of amides is 1. The Morgan fingerprint density at radius 2 is 1.92 bits per heavy atom. The fraction of sp³-hybridized carbons (Fsp3) is 0.231. The van der Waals surface area contributed by atoms with Crippen molar-refractivity contribution in [2.24, 2.45) is 0 Å². The monoisotopic (exact) mass is 557 g/mol. The molecule has 1 aliphatic rings. The molecule has 0 atom stereocenters. The Labute approximate surface area is 227 Å². The molecule has 1 aliphatic heterocycles. The number of hydrogen-bond acceptors (Lipinski definition) is 8. The number of anilines is 1. The van der Waals surface area contributed by atoms with Crippen LogP contribution in [-0.2, 0) is 24.2 Å². The molecule has 0 unspecified atom stereocenters. The van der Waals surface area contributed by atoms with Gasteiger partial charge in [0.1, 0.15) is 5.00 Å². The summed E-state index contributed by atoms with van der Waals surface area (Å²) in [4.78, 5) is 40.5. The van der Waals surface area contributed by atoms with Crippen molar-refractivity contribution in [3.8, 4) is 0 Å². The third-order valence-electron chi connectivity index (χ3n) is 6.03. The minimum absolute atomic E-state index is 0. The second-order valence-corrected chi connectivity index (χ2v) is 10.6. The zero-order chi connectivity index (χ0) is 25.2. The summed E-state index contributed by atoms with van der Waals surface area (Å²) in [7, 11) is 0. The lowest BCUT2D eigenvalue weighted by Gasteiger charge is -2.27. The maximum Gasteiger partial charge on any atom is 0.341 e. The predicted octanol–water partition coefficient (Wildman–Crippen LogP) is 6.28. The van der Waals surface area contributed by atoms with E-state index in [0.717, 1.165) is 28.2 Å². The van der Waals surface area contributed by atoms with Gasteiger partial charge < -0.3 is 10.1 Å². The molecule has 0 saturated carbocycles. The summed E-state index contributed by atoms with van der Waals surface area (Å²) in [6.07, 6.45) is 0.690. The number of carbonyl (C=O) groups excluding carboxylic acids is 2. The van der Waals surface area contributed by atoms with E-state index in [1.165, 1.54) is 40.4 Å². The van der Waals surface area contributed by atoms with Crippen LogP contribution < -0.4 is 5.32 Å². The topological polar surface area (TPSA) is 102 Å². The van der Waals surface area contributed by atoms with Gasteiger partial charge in [-0.25, -0.2) is 4.79 Å². The minimum Gasteiger partial charge on any atom is -0.462 e. The van der Waals surface area contributed by atoms with Gasteiger partial charge in [-0.05, 0) is 36.6 Å². The smallest absolute Gasteiger partial charge is 0.341 e. The van der Waals surface area contributed by atoms with Crippen molar-refractivity contribution in [1.29, 1.82) is 0 Å². The standard InChI is InChI=1S/C26H23N3O5S2.ClH/c1-2-34-26(31)23-19-10-11-28(14-16-6-4-3-5-7-16)15-22(19)36-25(23)27-24(30)21-13-17-12-18(29(32)33)8-9-20(17)35-21;/h3-9,12-13H,2,10-11,14-15H2,1H3,(H,27,30);1H. The molecule has 2 aromatic heterocycles. The van der Waals surface area contributed by atoms with Gasteiger partial charge in [0.15, 0.2) is 0 Å². The highest BCUT2D eigenvalue weighted by molar-refractivity contribution is 7.21. The highest BCUT2D eigenvalue weighted by Gasteiger charge is 2.30. The van der Waals surface area contributed by atoms with Crippen molar-refractivity contribution in [3.05, 3.63) is 91.2 Å². The number of carbonyl (C=O) groups is 2. The average molecular weight is 558 g/mol. The van der Waals surface area contributed by atoms with Crippen LogP contribution in [-0.4, -0.2) is 34.9 Å². The lowest BCUT2D eigenvalue weighted by Crippen LogP contribution is -2.29. The van der Waals surface area contributed by atoms with Crippen LogP contribution in [0.25, 0.3) is 10.1 Å². The molecule has 4 aromatic rings. The fourth-order valence-corrected chi connectivity index (χ4v) is 6.57. The largest absolute Gasteiger partial charge is 0.462 e. The third kappa shape index (κ3) is 5.67. The predicted molar refractivity (Wildman–Crippen MR) is 148 cm³/mol. The number of fused-ring (bicyclic) bond motifs is 2. The van der Waals surface area contributed by atoms with Gasteiger partial charge >= 0.3 is 5.97 Å². The Hall–Kier alpha value is -3.31. The van der Waals surface area contributed by atoms with Crippen LogP contribution >= 0.6 is 35.1 Å². The zero-order valence-corrected chi connectivity index (χ0v) is 22.3. The second kappa shape index (κ2) is 11.4. The summed E-state index contributed by atoms with van der Waals surface area (Å²) in [5.74, 6) is -0.794. The number of benzene rings is 2. The van der Waals surface area contributed by atoms with Gasteiger partial charge in [-0.15, -0.1) is 35.1 Å². The number of nitro groups is 1. The zero-order valence-electron chi connectivity index (χ0n) is 19.9. The second-order valence-electron chi connectivity index (χ2n) is 8.42. The number of nitro benzene ring substituents is 1. The maximum absolute atomic E-state index is 13.2. The SMILES string of the molecule is CCOC(=O)c1c(NC(=O)c2cc3cc([N+](=O)[O-])ccc3s2)sc2c1CCN(Cc1ccccc1)C2.Cl. The molecule has 0 saturated heterocycles. The molecule has 37 heavy (non-hydrogen) atoms. The summed E-state index contributed by atoms with van der Waals surface area (Å²) in [5.41, 5.74) is 2.57. The van der Waals surface area contributed by atoms with Gasteiger partial charge in [0.25, 0.3) is 11.6 Å². The van der Waals surface area contributed by atoms with Gasteiger partial charge in [-0.1, -0.05) is 30.3 Å². The van der Waals surface area contributed by atoms with Crippen LogP contribution in [0.15, 0.2) is 54.6 Å². The Morgan fingerprint density at radius 3 is 2.65 bits per heavy atom. The Morgan fingerprint density at radius 1 is 1.14 bits per heavy atom. The number of nitrogens with one attached hydrogen (secondary N) is 1. The molecular weight excluding hydrogens is 534 g/mol. The highest BCUT2D eigenvalue weighted by Crippen LogP contribution is 2.39. The first-order valence-corrected chi connectivity index (χ1v) is 13.1. The first-order chi connectivity index (χ1) is 17.4. The molecule has 0 bridgehead atoms. The maximum atomic E-state index is 13.2. The van der Waals surface area contributed by atoms with Crippen LogP contribution in [0.2, 0.25) is 0 Å². The molecule has 5 rings (SSSR count). The van der Waals surface area contributed by atoms with E-state index in [0.29, 0.717) is 33.8 Å². The van der Waals surface area contributed by atoms with Gasteiger partial charge in [0.2, 0.25) is 0 Å². The molecule has 0 spiro atoms. The van der Waals surface area contributed by atoms with Crippen molar-refractivity contribution in [3.63, 3.8) is 0 Å². The number of esters is 1. The van der Waals surface area contributed by atoms with E-state index in [-0.39, 0.29) is 30.6 Å². The molecule has 3 heterocycles. The lowest BCUT2D eigenvalue weighted by atomic mass is 10.0. The van der Waals surface area contributed by atoms with Crippen LogP contribution in [0.4, 0.5) is 10.7 Å². The van der Waals surface area contributed by atoms with Crippen molar-refractivity contribution < 1.29 is 19.2 Å². The van der Waals surface area contributed by atoms with Gasteiger partial charge in [-0.3, -0.25) is 19.8 Å². The summed E-state index contributed by atoms with van der Waals surface area (Å²) in [6.45, 7) is 4.29. The molecule has 1 amide bonds. The Kier molecular flexibility index (Phi) is 8.23. The summed E-state index contributed by atoms with van der Waals surface area (Å²) in [5, 5.41) is 15.1. The number of non-ortho nitro benzene ring substituents is 1. The summed E-state index contributed by atoms with van der Waals surface area (Å²) < 4.78 is 6.10. The fourth-order valence-electron chi connectivity index (χ4n) is 4.36. The first-order valence-electron chi connectivity index (χ1n) is 11.5. The quantitative estimate of drug-likeness (QED) is 0.163. The van der Waals surface area contributed by atoms with Gasteiger partial charge in [0.05, 0.1) is 22.0 Å².